The van der Waals surface area contributed by atoms with Crippen molar-refractivity contribution < 1.29 is 9.59 Å². The van der Waals surface area contributed by atoms with E-state index in [-0.39, 0.29) is 29.7 Å². The zero-order chi connectivity index (χ0) is 24.0. The number of carbonyl (C=O) groups excluding carboxylic acids is 2. The predicted molar refractivity (Wildman–Crippen MR) is 134 cm³/mol. The third kappa shape index (κ3) is 6.73. The number of carbonyl (C=O) groups is 2. The van der Waals surface area contributed by atoms with E-state index in [0.29, 0.717) is 23.6 Å². The van der Waals surface area contributed by atoms with E-state index in [1.165, 1.54) is 0 Å². The van der Waals surface area contributed by atoms with Crippen molar-refractivity contribution in [3.8, 4) is 0 Å². The van der Waals surface area contributed by atoms with E-state index in [1.54, 1.807) is 12.1 Å². The minimum Gasteiger partial charge on any atom is -0.377 e. The molecule has 2 amide bonds. The number of hydrogen-bond donors (Lipinski definition) is 1. The molecule has 0 spiro atoms. The van der Waals surface area contributed by atoms with Crippen LogP contribution in [-0.2, 0) is 11.3 Å². The van der Waals surface area contributed by atoms with Gasteiger partial charge in [-0.25, -0.2) is 0 Å². The summed E-state index contributed by atoms with van der Waals surface area (Å²) in [6.07, 6.45) is 0.465. The van der Waals surface area contributed by atoms with Gasteiger partial charge in [-0.1, -0.05) is 51.4 Å². The molecule has 6 heteroatoms. The molecule has 1 atom stereocenters. The highest BCUT2D eigenvalue weighted by molar-refractivity contribution is 6.33. The van der Waals surface area contributed by atoms with Crippen molar-refractivity contribution in [3.05, 3.63) is 58.6 Å². The van der Waals surface area contributed by atoms with Crippen molar-refractivity contribution >= 4 is 34.8 Å². The molecule has 0 heterocycles. The van der Waals surface area contributed by atoms with Crippen molar-refractivity contribution in [2.24, 2.45) is 11.8 Å². The summed E-state index contributed by atoms with van der Waals surface area (Å²) in [4.78, 5) is 29.7. The van der Waals surface area contributed by atoms with E-state index in [1.807, 2.05) is 68.1 Å². The molecule has 2 rings (SSSR count). The van der Waals surface area contributed by atoms with Gasteiger partial charge in [0, 0.05) is 44.5 Å². The Morgan fingerprint density at radius 3 is 2.22 bits per heavy atom. The van der Waals surface area contributed by atoms with E-state index < -0.39 is 0 Å². The first-order valence-corrected chi connectivity index (χ1v) is 11.5. The Bertz CT molecular complexity index is 940. The van der Waals surface area contributed by atoms with E-state index in [9.17, 15) is 9.59 Å². The van der Waals surface area contributed by atoms with Gasteiger partial charge in [-0.15, -0.1) is 0 Å². The van der Waals surface area contributed by atoms with Crippen LogP contribution >= 0.6 is 11.6 Å². The van der Waals surface area contributed by atoms with Gasteiger partial charge in [0.05, 0.1) is 10.6 Å². The highest BCUT2D eigenvalue weighted by Gasteiger charge is 2.26. The minimum atomic E-state index is -0.101. The molecule has 2 aromatic rings. The minimum absolute atomic E-state index is 0.00651. The number of nitrogens with zero attached hydrogens (tertiary/aromatic N) is 2. The van der Waals surface area contributed by atoms with Crippen LogP contribution in [0.15, 0.2) is 42.5 Å². The van der Waals surface area contributed by atoms with Crippen LogP contribution in [0.4, 0.5) is 11.4 Å². The summed E-state index contributed by atoms with van der Waals surface area (Å²) in [7, 11) is 3.95. The smallest absolute Gasteiger partial charge is 0.255 e. The average molecular weight is 458 g/mol. The van der Waals surface area contributed by atoms with Crippen LogP contribution < -0.4 is 10.2 Å². The van der Waals surface area contributed by atoms with Gasteiger partial charge in [-0.3, -0.25) is 9.59 Å². The predicted octanol–water partition coefficient (Wildman–Crippen LogP) is 6.08. The van der Waals surface area contributed by atoms with Crippen LogP contribution in [0.3, 0.4) is 0 Å². The van der Waals surface area contributed by atoms with Gasteiger partial charge in [0.1, 0.15) is 0 Å². The highest BCUT2D eigenvalue weighted by Crippen LogP contribution is 2.28. The van der Waals surface area contributed by atoms with Crippen LogP contribution in [-0.4, -0.2) is 36.9 Å². The molecule has 0 aliphatic rings. The third-order valence-electron chi connectivity index (χ3n) is 5.60. The van der Waals surface area contributed by atoms with Crippen molar-refractivity contribution in [3.63, 3.8) is 0 Å². The maximum absolute atomic E-state index is 13.5. The van der Waals surface area contributed by atoms with Gasteiger partial charge in [0.2, 0.25) is 5.91 Å². The van der Waals surface area contributed by atoms with Crippen molar-refractivity contribution in [1.29, 1.82) is 0 Å². The molecule has 0 aliphatic carbocycles. The van der Waals surface area contributed by atoms with Crippen LogP contribution in [0.25, 0.3) is 0 Å². The molecular weight excluding hydrogens is 422 g/mol. The van der Waals surface area contributed by atoms with Gasteiger partial charge in [0.15, 0.2) is 0 Å². The fraction of sp³-hybridized carbons (Fsp3) is 0.462. The van der Waals surface area contributed by atoms with Crippen LogP contribution in [0.2, 0.25) is 5.02 Å². The topological polar surface area (TPSA) is 52.7 Å². The van der Waals surface area contributed by atoms with Crippen molar-refractivity contribution in [2.75, 3.05) is 24.3 Å². The largest absolute Gasteiger partial charge is 0.377 e. The fourth-order valence-corrected chi connectivity index (χ4v) is 3.76. The molecular formula is C26H36ClN3O2. The SMILES string of the molecule is CC(C)CC(=O)Nc1ccc(N(C)C)c(CN(C(=O)c2ccccc2Cl)C(C)C(C)C)c1. The monoisotopic (exact) mass is 457 g/mol. The molecule has 5 nitrogen and oxygen atoms in total. The first-order chi connectivity index (χ1) is 15.0. The Balaban J connectivity index is 2.44. The lowest BCUT2D eigenvalue weighted by atomic mass is 10.0. The molecule has 0 saturated heterocycles. The van der Waals surface area contributed by atoms with Gasteiger partial charge in [-0.05, 0) is 54.7 Å². The first-order valence-electron chi connectivity index (χ1n) is 11.2. The maximum atomic E-state index is 13.5. The molecule has 2 aromatic carbocycles. The summed E-state index contributed by atoms with van der Waals surface area (Å²) in [5, 5.41) is 3.44. The summed E-state index contributed by atoms with van der Waals surface area (Å²) >= 11 is 6.35. The molecule has 0 radical (unpaired) electrons. The van der Waals surface area contributed by atoms with Crippen LogP contribution in [0.1, 0.15) is 57.0 Å². The second kappa shape index (κ2) is 11.4. The number of benzene rings is 2. The molecule has 0 bridgehead atoms. The summed E-state index contributed by atoms with van der Waals surface area (Å²) < 4.78 is 0. The van der Waals surface area contributed by atoms with Crippen LogP contribution in [0, 0.1) is 11.8 Å². The Labute approximate surface area is 197 Å². The number of amides is 2. The summed E-state index contributed by atoms with van der Waals surface area (Å²) in [6, 6.07) is 13.0. The molecule has 0 aliphatic heterocycles. The number of anilines is 2. The molecule has 0 saturated carbocycles. The second-order valence-electron chi connectivity index (χ2n) is 9.28. The lowest BCUT2D eigenvalue weighted by molar-refractivity contribution is -0.116. The fourth-order valence-electron chi connectivity index (χ4n) is 3.54. The first kappa shape index (κ1) is 25.7. The lowest BCUT2D eigenvalue weighted by Crippen LogP contribution is -2.41. The number of halogens is 1. The number of hydrogen-bond acceptors (Lipinski definition) is 3. The second-order valence-corrected chi connectivity index (χ2v) is 9.69. The zero-order valence-electron chi connectivity index (χ0n) is 20.3. The zero-order valence-corrected chi connectivity index (χ0v) is 21.0. The Morgan fingerprint density at radius 2 is 1.66 bits per heavy atom. The lowest BCUT2D eigenvalue weighted by Gasteiger charge is -2.33. The van der Waals surface area contributed by atoms with E-state index in [0.717, 1.165) is 16.9 Å². The molecule has 1 N–H and O–H groups in total. The Hall–Kier alpha value is -2.53. The number of nitrogens with one attached hydrogen (secondary N) is 1. The highest BCUT2D eigenvalue weighted by atomic mass is 35.5. The van der Waals surface area contributed by atoms with Crippen molar-refractivity contribution in [1.82, 2.24) is 4.90 Å². The van der Waals surface area contributed by atoms with Gasteiger partial charge < -0.3 is 15.1 Å². The molecule has 1 unspecified atom stereocenters. The molecule has 0 fully saturated rings. The van der Waals surface area contributed by atoms with E-state index >= 15 is 0 Å². The third-order valence-corrected chi connectivity index (χ3v) is 5.93. The summed E-state index contributed by atoms with van der Waals surface area (Å²) in [6.45, 7) is 10.7. The average Bonchev–Trinajstić information content (AvgIpc) is 2.70. The van der Waals surface area contributed by atoms with Crippen LogP contribution in [0.5, 0.6) is 0 Å². The van der Waals surface area contributed by atoms with Gasteiger partial charge >= 0.3 is 0 Å². The standard InChI is InChI=1S/C26H36ClN3O2/c1-17(2)14-25(31)28-21-12-13-24(29(6)7)20(15-21)16-30(19(5)18(3)4)26(32)22-10-8-9-11-23(22)27/h8-13,15,17-19H,14,16H2,1-7H3,(H,28,31). The van der Waals surface area contributed by atoms with Crippen molar-refractivity contribution in [2.45, 2.75) is 53.6 Å². The molecule has 174 valence electrons. The quantitative estimate of drug-likeness (QED) is 0.496. The summed E-state index contributed by atoms with van der Waals surface area (Å²) in [5.74, 6) is 0.433. The Morgan fingerprint density at radius 1 is 1.00 bits per heavy atom. The maximum Gasteiger partial charge on any atom is 0.255 e. The van der Waals surface area contributed by atoms with E-state index in [4.69, 9.17) is 11.6 Å². The Kier molecular flexibility index (Phi) is 9.14. The number of rotatable bonds is 9. The van der Waals surface area contributed by atoms with E-state index in [2.05, 4.69) is 26.1 Å². The molecule has 0 aromatic heterocycles. The summed E-state index contributed by atoms with van der Waals surface area (Å²) in [5.41, 5.74) is 3.19. The normalized spacial score (nSPS) is 12.1. The molecule has 32 heavy (non-hydrogen) atoms. The van der Waals surface area contributed by atoms with Gasteiger partial charge in [-0.2, -0.15) is 0 Å². The van der Waals surface area contributed by atoms with Gasteiger partial charge in [0.25, 0.3) is 5.91 Å².